The monoisotopic (exact) mass is 523 g/mol. The zero-order valence-corrected chi connectivity index (χ0v) is 23.0. The number of thiocarbonyl (C=S) groups is 1. The van der Waals surface area contributed by atoms with Crippen molar-refractivity contribution in [3.05, 3.63) is 113 Å². The summed E-state index contributed by atoms with van der Waals surface area (Å²) in [5, 5.41) is 7.23. The number of hydrogen-bond acceptors (Lipinski definition) is 3. The number of aryl methyl sites for hydroxylation is 3. The molecular weight excluding hydrogens is 490 g/mol. The zero-order chi connectivity index (χ0) is 26.8. The number of carbonyl (C=O) groups excluding carboxylic acids is 1. The number of nitrogens with zero attached hydrogens (tertiary/aromatic N) is 3. The van der Waals surface area contributed by atoms with Gasteiger partial charge in [-0.3, -0.25) is 9.78 Å². The van der Waals surface area contributed by atoms with E-state index in [1.807, 2.05) is 62.5 Å². The summed E-state index contributed by atoms with van der Waals surface area (Å²) in [5.41, 5.74) is 8.52. The number of benzene rings is 2. The van der Waals surface area contributed by atoms with Crippen LogP contribution in [0.5, 0.6) is 0 Å². The van der Waals surface area contributed by atoms with Crippen molar-refractivity contribution in [2.45, 2.75) is 46.2 Å². The third kappa shape index (κ3) is 5.07. The average Bonchev–Trinajstić information content (AvgIpc) is 3.40. The Morgan fingerprint density at radius 3 is 2.50 bits per heavy atom. The summed E-state index contributed by atoms with van der Waals surface area (Å²) in [6.45, 7) is 8.80. The van der Waals surface area contributed by atoms with Gasteiger partial charge >= 0.3 is 0 Å². The standard InChI is InChI=1S/C31H33N5OS/c1-20-13-14-21(2)27(18-20)33-28(37)15-17-35-30(29(34-31(35)38)26-12-8-9-16-32-26)25-19-22(3)36(23(25)4)24-10-6-5-7-11-24/h5-14,16,18-19,29-30H,15,17H2,1-4H3,(H,33,37)(H,34,38)/t29-,30-/m1/s1. The predicted octanol–water partition coefficient (Wildman–Crippen LogP) is 6.11. The molecule has 0 bridgehead atoms. The number of anilines is 1. The third-order valence-corrected chi connectivity index (χ3v) is 7.60. The van der Waals surface area contributed by atoms with Gasteiger partial charge < -0.3 is 20.1 Å². The Balaban J connectivity index is 1.46. The number of amides is 1. The molecule has 4 aromatic rings. The van der Waals surface area contributed by atoms with E-state index in [9.17, 15) is 4.79 Å². The van der Waals surface area contributed by atoms with Crippen LogP contribution in [0.2, 0.25) is 0 Å². The minimum atomic E-state index is -0.129. The number of rotatable bonds is 7. The van der Waals surface area contributed by atoms with Gasteiger partial charge in [0.05, 0.1) is 17.8 Å². The summed E-state index contributed by atoms with van der Waals surface area (Å²) in [6, 6.07) is 24.4. The van der Waals surface area contributed by atoms with Crippen molar-refractivity contribution in [3.63, 3.8) is 0 Å². The smallest absolute Gasteiger partial charge is 0.226 e. The van der Waals surface area contributed by atoms with Gasteiger partial charge in [0.1, 0.15) is 0 Å². The maximum Gasteiger partial charge on any atom is 0.226 e. The zero-order valence-electron chi connectivity index (χ0n) is 22.2. The summed E-state index contributed by atoms with van der Waals surface area (Å²) in [7, 11) is 0. The van der Waals surface area contributed by atoms with Crippen LogP contribution in [0.1, 0.15) is 52.3 Å². The van der Waals surface area contributed by atoms with Crippen LogP contribution in [-0.2, 0) is 4.79 Å². The molecule has 6 nitrogen and oxygen atoms in total. The van der Waals surface area contributed by atoms with Crippen LogP contribution < -0.4 is 10.6 Å². The first-order chi connectivity index (χ1) is 18.3. The highest BCUT2D eigenvalue weighted by molar-refractivity contribution is 7.80. The molecule has 1 aliphatic heterocycles. The number of para-hydroxylation sites is 1. The fourth-order valence-corrected chi connectivity index (χ4v) is 5.68. The molecule has 1 aliphatic rings. The second kappa shape index (κ2) is 10.8. The van der Waals surface area contributed by atoms with Gasteiger partial charge in [0.15, 0.2) is 5.11 Å². The quantitative estimate of drug-likeness (QED) is 0.286. The van der Waals surface area contributed by atoms with Gasteiger partial charge in [-0.25, -0.2) is 0 Å². The topological polar surface area (TPSA) is 62.2 Å². The Morgan fingerprint density at radius 1 is 1.00 bits per heavy atom. The summed E-state index contributed by atoms with van der Waals surface area (Å²) >= 11 is 5.84. The molecular formula is C31H33N5OS. The Bertz CT molecular complexity index is 1460. The van der Waals surface area contributed by atoms with E-state index < -0.39 is 0 Å². The second-order valence-corrected chi connectivity index (χ2v) is 10.3. The first kappa shape index (κ1) is 25.7. The average molecular weight is 524 g/mol. The molecule has 2 aromatic heterocycles. The number of aromatic nitrogens is 2. The van der Waals surface area contributed by atoms with Crippen molar-refractivity contribution in [3.8, 4) is 5.69 Å². The van der Waals surface area contributed by atoms with E-state index in [0.29, 0.717) is 18.1 Å². The lowest BCUT2D eigenvalue weighted by Gasteiger charge is -2.28. The van der Waals surface area contributed by atoms with Crippen LogP contribution in [0, 0.1) is 27.7 Å². The van der Waals surface area contributed by atoms with E-state index in [1.54, 1.807) is 0 Å². The Kier molecular flexibility index (Phi) is 7.29. The summed E-state index contributed by atoms with van der Waals surface area (Å²) in [6.07, 6.45) is 2.13. The molecule has 3 heterocycles. The largest absolute Gasteiger partial charge is 0.352 e. The van der Waals surface area contributed by atoms with E-state index in [4.69, 9.17) is 12.2 Å². The van der Waals surface area contributed by atoms with Crippen LogP contribution in [0.25, 0.3) is 5.69 Å². The van der Waals surface area contributed by atoms with Crippen molar-refractivity contribution >= 4 is 28.9 Å². The van der Waals surface area contributed by atoms with Crippen molar-refractivity contribution in [1.82, 2.24) is 19.8 Å². The van der Waals surface area contributed by atoms with Crippen LogP contribution in [0.4, 0.5) is 5.69 Å². The number of hydrogen-bond donors (Lipinski definition) is 2. The number of carbonyl (C=O) groups is 1. The normalized spacial score (nSPS) is 16.9. The molecule has 0 spiro atoms. The molecule has 0 aliphatic carbocycles. The fourth-order valence-electron chi connectivity index (χ4n) is 5.35. The van der Waals surface area contributed by atoms with Gasteiger partial charge in [0, 0.05) is 41.9 Å². The molecule has 194 valence electrons. The first-order valence-corrected chi connectivity index (χ1v) is 13.3. The Labute approximate surface area is 229 Å². The fraction of sp³-hybridized carbons (Fsp3) is 0.258. The summed E-state index contributed by atoms with van der Waals surface area (Å²) < 4.78 is 2.28. The van der Waals surface area contributed by atoms with Crippen molar-refractivity contribution in [1.29, 1.82) is 0 Å². The lowest BCUT2D eigenvalue weighted by atomic mass is 9.96. The molecule has 1 amide bonds. The first-order valence-electron chi connectivity index (χ1n) is 12.9. The van der Waals surface area contributed by atoms with Crippen LogP contribution in [0.3, 0.4) is 0 Å². The molecule has 38 heavy (non-hydrogen) atoms. The molecule has 2 atom stereocenters. The molecule has 5 rings (SSSR count). The molecule has 0 unspecified atom stereocenters. The maximum atomic E-state index is 13.0. The Hall–Kier alpha value is -3.97. The summed E-state index contributed by atoms with van der Waals surface area (Å²) in [4.78, 5) is 19.8. The van der Waals surface area contributed by atoms with E-state index >= 15 is 0 Å². The predicted molar refractivity (Wildman–Crippen MR) is 157 cm³/mol. The molecule has 2 aromatic carbocycles. The van der Waals surface area contributed by atoms with E-state index in [2.05, 4.69) is 69.3 Å². The highest BCUT2D eigenvalue weighted by atomic mass is 32.1. The van der Waals surface area contributed by atoms with Gasteiger partial charge in [0.25, 0.3) is 0 Å². The van der Waals surface area contributed by atoms with E-state index in [-0.39, 0.29) is 18.0 Å². The minimum absolute atomic E-state index is 0.0312. The SMILES string of the molecule is Cc1ccc(C)c(NC(=O)CCN2C(=S)N[C@H](c3ccccn3)[C@H]2c2cc(C)n(-c3ccccc3)c2C)c1. The molecule has 2 N–H and O–H groups in total. The highest BCUT2D eigenvalue weighted by Crippen LogP contribution is 2.41. The van der Waals surface area contributed by atoms with Crippen molar-refractivity contribution < 1.29 is 4.79 Å². The van der Waals surface area contributed by atoms with Gasteiger partial charge in [-0.05, 0) is 93.0 Å². The number of pyridine rings is 1. The lowest BCUT2D eigenvalue weighted by molar-refractivity contribution is -0.116. The van der Waals surface area contributed by atoms with Gasteiger partial charge in [-0.15, -0.1) is 0 Å². The molecule has 0 radical (unpaired) electrons. The van der Waals surface area contributed by atoms with Crippen molar-refractivity contribution in [2.75, 3.05) is 11.9 Å². The van der Waals surface area contributed by atoms with E-state index in [1.165, 1.54) is 5.56 Å². The third-order valence-electron chi connectivity index (χ3n) is 7.25. The van der Waals surface area contributed by atoms with Gasteiger partial charge in [-0.1, -0.05) is 36.4 Å². The number of nitrogens with one attached hydrogen (secondary N) is 2. The second-order valence-electron chi connectivity index (χ2n) is 9.93. The summed E-state index contributed by atoms with van der Waals surface area (Å²) in [5.74, 6) is -0.0312. The van der Waals surface area contributed by atoms with Crippen LogP contribution in [-0.4, -0.2) is 32.0 Å². The minimum Gasteiger partial charge on any atom is -0.352 e. The van der Waals surface area contributed by atoms with Crippen LogP contribution in [0.15, 0.2) is 79.0 Å². The molecule has 7 heteroatoms. The van der Waals surface area contributed by atoms with Crippen molar-refractivity contribution in [2.24, 2.45) is 0 Å². The molecule has 0 saturated carbocycles. The maximum absolute atomic E-state index is 13.0. The molecule has 1 fully saturated rings. The van der Waals surface area contributed by atoms with Crippen LogP contribution >= 0.6 is 12.2 Å². The lowest BCUT2D eigenvalue weighted by Crippen LogP contribution is -2.33. The van der Waals surface area contributed by atoms with Gasteiger partial charge in [0.2, 0.25) is 5.91 Å². The molecule has 1 saturated heterocycles. The van der Waals surface area contributed by atoms with Gasteiger partial charge in [-0.2, -0.15) is 0 Å². The van der Waals surface area contributed by atoms with E-state index in [0.717, 1.165) is 39.6 Å². The Morgan fingerprint density at radius 2 is 1.76 bits per heavy atom. The highest BCUT2D eigenvalue weighted by Gasteiger charge is 2.41.